The standard InChI is InChI=1S/C10H5Br2N3O3/c11-6-1-8(15(16)17)3-9(2-6)18-10-13-4-7(12)5-14-10/h1-5H. The Morgan fingerprint density at radius 3 is 2.39 bits per heavy atom. The zero-order valence-corrected chi connectivity index (χ0v) is 11.9. The number of non-ortho nitro benzene ring substituents is 1. The summed E-state index contributed by atoms with van der Waals surface area (Å²) in [5.74, 6) is 0.290. The number of rotatable bonds is 3. The number of hydrogen-bond donors (Lipinski definition) is 0. The summed E-state index contributed by atoms with van der Waals surface area (Å²) in [6, 6.07) is 4.40. The second-order valence-electron chi connectivity index (χ2n) is 3.19. The average Bonchev–Trinajstić information content (AvgIpc) is 2.31. The molecule has 0 aliphatic heterocycles. The minimum atomic E-state index is -0.500. The number of nitro benzene ring substituents is 1. The van der Waals surface area contributed by atoms with Gasteiger partial charge in [-0.05, 0) is 22.0 Å². The number of nitro groups is 1. The van der Waals surface area contributed by atoms with Crippen molar-refractivity contribution < 1.29 is 9.66 Å². The zero-order valence-electron chi connectivity index (χ0n) is 8.71. The molecule has 0 bridgehead atoms. The van der Waals surface area contributed by atoms with Gasteiger partial charge in [-0.2, -0.15) is 0 Å². The van der Waals surface area contributed by atoms with Gasteiger partial charge in [-0.25, -0.2) is 9.97 Å². The van der Waals surface area contributed by atoms with Crippen molar-refractivity contribution in [1.29, 1.82) is 0 Å². The van der Waals surface area contributed by atoms with Crippen molar-refractivity contribution in [3.8, 4) is 11.8 Å². The van der Waals surface area contributed by atoms with Gasteiger partial charge < -0.3 is 4.74 Å². The van der Waals surface area contributed by atoms with E-state index in [1.54, 1.807) is 6.07 Å². The molecule has 1 aromatic carbocycles. The number of ether oxygens (including phenoxy) is 1. The van der Waals surface area contributed by atoms with E-state index in [0.29, 0.717) is 10.2 Å². The SMILES string of the molecule is O=[N+]([O-])c1cc(Br)cc(Oc2ncc(Br)cn2)c1. The first kappa shape index (κ1) is 12.9. The van der Waals surface area contributed by atoms with Crippen LogP contribution in [-0.2, 0) is 0 Å². The number of benzene rings is 1. The highest BCUT2D eigenvalue weighted by Gasteiger charge is 2.10. The molecule has 0 fully saturated rings. The van der Waals surface area contributed by atoms with Crippen LogP contribution in [0.25, 0.3) is 0 Å². The molecule has 8 heteroatoms. The molecular formula is C10H5Br2N3O3. The van der Waals surface area contributed by atoms with Crippen LogP contribution in [0.1, 0.15) is 0 Å². The molecule has 0 saturated heterocycles. The van der Waals surface area contributed by atoms with Gasteiger partial charge >= 0.3 is 6.01 Å². The number of aromatic nitrogens is 2. The Morgan fingerprint density at radius 1 is 1.11 bits per heavy atom. The highest BCUT2D eigenvalue weighted by Crippen LogP contribution is 2.28. The Bertz CT molecular complexity index is 589. The monoisotopic (exact) mass is 373 g/mol. The molecule has 18 heavy (non-hydrogen) atoms. The molecule has 6 nitrogen and oxygen atoms in total. The first-order chi connectivity index (χ1) is 8.54. The van der Waals surface area contributed by atoms with Crippen molar-refractivity contribution in [2.75, 3.05) is 0 Å². The van der Waals surface area contributed by atoms with Crippen LogP contribution in [0.2, 0.25) is 0 Å². The molecule has 0 N–H and O–H groups in total. The van der Waals surface area contributed by atoms with E-state index in [2.05, 4.69) is 41.8 Å². The number of hydrogen-bond acceptors (Lipinski definition) is 5. The smallest absolute Gasteiger partial charge is 0.321 e. The van der Waals surface area contributed by atoms with Crippen molar-refractivity contribution in [3.63, 3.8) is 0 Å². The fraction of sp³-hybridized carbons (Fsp3) is 0. The molecule has 1 heterocycles. The van der Waals surface area contributed by atoms with E-state index < -0.39 is 4.92 Å². The van der Waals surface area contributed by atoms with E-state index in [9.17, 15) is 10.1 Å². The summed E-state index contributed by atoms with van der Waals surface area (Å²) in [5.41, 5.74) is -0.0727. The number of halogens is 2. The molecule has 0 radical (unpaired) electrons. The lowest BCUT2D eigenvalue weighted by molar-refractivity contribution is -0.385. The molecule has 0 saturated carbocycles. The molecular weight excluding hydrogens is 370 g/mol. The average molecular weight is 375 g/mol. The summed E-state index contributed by atoms with van der Waals surface area (Å²) in [4.78, 5) is 18.0. The van der Waals surface area contributed by atoms with Crippen molar-refractivity contribution in [2.45, 2.75) is 0 Å². The normalized spacial score (nSPS) is 10.1. The van der Waals surface area contributed by atoms with Crippen LogP contribution in [0.15, 0.2) is 39.5 Å². The summed E-state index contributed by atoms with van der Waals surface area (Å²) in [5, 5.41) is 10.7. The Balaban J connectivity index is 2.28. The van der Waals surface area contributed by atoms with Gasteiger partial charge in [0.2, 0.25) is 0 Å². The van der Waals surface area contributed by atoms with Gasteiger partial charge in [0.05, 0.1) is 15.5 Å². The summed E-state index contributed by atoms with van der Waals surface area (Å²) in [6.07, 6.45) is 3.05. The maximum absolute atomic E-state index is 10.7. The minimum absolute atomic E-state index is 0.0727. The molecule has 0 unspecified atom stereocenters. The topological polar surface area (TPSA) is 78.2 Å². The van der Waals surface area contributed by atoms with E-state index in [1.807, 2.05) is 0 Å². The summed E-state index contributed by atoms with van der Waals surface area (Å²) in [6.45, 7) is 0. The third-order valence-corrected chi connectivity index (χ3v) is 2.74. The molecule has 0 aliphatic rings. The summed E-state index contributed by atoms with van der Waals surface area (Å²) >= 11 is 6.37. The number of nitrogens with zero attached hydrogens (tertiary/aromatic N) is 3. The predicted molar refractivity (Wildman–Crippen MR) is 70.6 cm³/mol. The van der Waals surface area contributed by atoms with Crippen LogP contribution in [0, 0.1) is 10.1 Å². The Labute approximate surface area is 118 Å². The van der Waals surface area contributed by atoms with Crippen LogP contribution in [0.4, 0.5) is 5.69 Å². The Morgan fingerprint density at radius 2 is 1.78 bits per heavy atom. The maximum Gasteiger partial charge on any atom is 0.321 e. The molecule has 92 valence electrons. The van der Waals surface area contributed by atoms with E-state index >= 15 is 0 Å². The van der Waals surface area contributed by atoms with Crippen molar-refractivity contribution in [2.24, 2.45) is 0 Å². The van der Waals surface area contributed by atoms with Crippen LogP contribution >= 0.6 is 31.9 Å². The summed E-state index contributed by atoms with van der Waals surface area (Å²) < 4.78 is 6.59. The van der Waals surface area contributed by atoms with Crippen molar-refractivity contribution in [1.82, 2.24) is 9.97 Å². The zero-order chi connectivity index (χ0) is 13.1. The highest BCUT2D eigenvalue weighted by atomic mass is 79.9. The first-order valence-corrected chi connectivity index (χ1v) is 6.23. The Kier molecular flexibility index (Phi) is 3.87. The molecule has 0 spiro atoms. The largest absolute Gasteiger partial charge is 0.424 e. The fourth-order valence-electron chi connectivity index (χ4n) is 1.17. The third-order valence-electron chi connectivity index (χ3n) is 1.87. The first-order valence-electron chi connectivity index (χ1n) is 4.65. The van der Waals surface area contributed by atoms with Crippen molar-refractivity contribution >= 4 is 37.5 Å². The second kappa shape index (κ2) is 5.40. The van der Waals surface area contributed by atoms with Crippen LogP contribution in [0.5, 0.6) is 11.8 Å². The van der Waals surface area contributed by atoms with Crippen molar-refractivity contribution in [3.05, 3.63) is 49.7 Å². The lowest BCUT2D eigenvalue weighted by Crippen LogP contribution is -1.93. The van der Waals surface area contributed by atoms with Crippen LogP contribution in [0.3, 0.4) is 0 Å². The van der Waals surface area contributed by atoms with Gasteiger partial charge in [0.1, 0.15) is 5.75 Å². The highest BCUT2D eigenvalue weighted by molar-refractivity contribution is 9.10. The van der Waals surface area contributed by atoms with Gasteiger partial charge in [-0.15, -0.1) is 0 Å². The van der Waals surface area contributed by atoms with E-state index in [1.165, 1.54) is 24.5 Å². The lowest BCUT2D eigenvalue weighted by Gasteiger charge is -2.03. The fourth-order valence-corrected chi connectivity index (χ4v) is 1.84. The second-order valence-corrected chi connectivity index (χ2v) is 5.02. The quantitative estimate of drug-likeness (QED) is 0.604. The van der Waals surface area contributed by atoms with Gasteiger partial charge in [0, 0.05) is 22.9 Å². The maximum atomic E-state index is 10.7. The molecule has 0 atom stereocenters. The lowest BCUT2D eigenvalue weighted by atomic mass is 10.3. The molecule has 0 amide bonds. The van der Waals surface area contributed by atoms with Crippen LogP contribution in [-0.4, -0.2) is 14.9 Å². The van der Waals surface area contributed by atoms with Gasteiger partial charge in [-0.3, -0.25) is 10.1 Å². The molecule has 1 aromatic heterocycles. The van der Waals surface area contributed by atoms with Gasteiger partial charge in [0.15, 0.2) is 0 Å². The third kappa shape index (κ3) is 3.23. The van der Waals surface area contributed by atoms with E-state index in [4.69, 9.17) is 4.74 Å². The van der Waals surface area contributed by atoms with Gasteiger partial charge in [-0.1, -0.05) is 15.9 Å². The summed E-state index contributed by atoms with van der Waals surface area (Å²) in [7, 11) is 0. The van der Waals surface area contributed by atoms with E-state index in [-0.39, 0.29) is 11.7 Å². The molecule has 2 aromatic rings. The molecule has 0 aliphatic carbocycles. The molecule has 2 rings (SSSR count). The van der Waals surface area contributed by atoms with Gasteiger partial charge in [0.25, 0.3) is 5.69 Å². The predicted octanol–water partition coefficient (Wildman–Crippen LogP) is 3.70. The van der Waals surface area contributed by atoms with E-state index in [0.717, 1.165) is 4.47 Å². The minimum Gasteiger partial charge on any atom is -0.424 e. The van der Waals surface area contributed by atoms with Crippen LogP contribution < -0.4 is 4.74 Å². The Hall–Kier alpha value is -1.54.